The third kappa shape index (κ3) is 5.46. The van der Waals surface area contributed by atoms with Gasteiger partial charge in [-0.05, 0) is 42.7 Å². The van der Waals surface area contributed by atoms with Crippen LogP contribution in [0.3, 0.4) is 0 Å². The summed E-state index contributed by atoms with van der Waals surface area (Å²) in [6.07, 6.45) is 5.55. The van der Waals surface area contributed by atoms with Gasteiger partial charge in [0.25, 0.3) is 11.6 Å². The molecule has 2 aromatic carbocycles. The van der Waals surface area contributed by atoms with Crippen LogP contribution in [0.25, 0.3) is 0 Å². The number of pyridine rings is 1. The molecular formula is C26H26N4O4. The molecule has 4 rings (SSSR count). The van der Waals surface area contributed by atoms with Gasteiger partial charge in [-0.2, -0.15) is 0 Å². The number of nitrogens with zero attached hydrogens (tertiary/aromatic N) is 3. The standard InChI is InChI=1S/C26H26N4O4/c31-25(28-21-10-4-5-11-21)24(23-12-6-7-17-27-23)29(18-19-8-2-1-3-9-19)26(32)20-13-15-22(16-14-20)30(33)34/h1-3,6-9,12-17,21,24H,4-5,10-11,18H2,(H,28,31). The van der Waals surface area contributed by atoms with Crippen molar-refractivity contribution in [2.45, 2.75) is 44.3 Å². The second kappa shape index (κ2) is 10.7. The average Bonchev–Trinajstić information content (AvgIpc) is 3.37. The van der Waals surface area contributed by atoms with E-state index in [2.05, 4.69) is 10.3 Å². The first kappa shape index (κ1) is 23.1. The fourth-order valence-electron chi connectivity index (χ4n) is 4.28. The van der Waals surface area contributed by atoms with Gasteiger partial charge in [0.15, 0.2) is 6.04 Å². The summed E-state index contributed by atoms with van der Waals surface area (Å²) >= 11 is 0. The van der Waals surface area contributed by atoms with Crippen molar-refractivity contribution < 1.29 is 14.5 Å². The number of hydrogen-bond donors (Lipinski definition) is 1. The number of amides is 2. The maximum Gasteiger partial charge on any atom is 0.269 e. The molecule has 1 N–H and O–H groups in total. The summed E-state index contributed by atoms with van der Waals surface area (Å²) < 4.78 is 0. The van der Waals surface area contributed by atoms with Crippen LogP contribution in [-0.2, 0) is 11.3 Å². The van der Waals surface area contributed by atoms with Crippen LogP contribution in [0.4, 0.5) is 5.69 Å². The highest BCUT2D eigenvalue weighted by molar-refractivity contribution is 5.98. The van der Waals surface area contributed by atoms with Crippen molar-refractivity contribution in [3.8, 4) is 0 Å². The van der Waals surface area contributed by atoms with E-state index in [-0.39, 0.29) is 29.7 Å². The molecule has 2 amide bonds. The molecule has 3 aromatic rings. The first-order valence-corrected chi connectivity index (χ1v) is 11.3. The molecule has 1 unspecified atom stereocenters. The maximum absolute atomic E-state index is 13.7. The quantitative estimate of drug-likeness (QED) is 0.397. The number of carbonyl (C=O) groups is 2. The topological polar surface area (TPSA) is 105 Å². The van der Waals surface area contributed by atoms with Gasteiger partial charge in [-0.25, -0.2) is 0 Å². The smallest absolute Gasteiger partial charge is 0.269 e. The molecule has 1 aliphatic carbocycles. The molecule has 0 spiro atoms. The highest BCUT2D eigenvalue weighted by Gasteiger charge is 2.34. The van der Waals surface area contributed by atoms with E-state index in [4.69, 9.17) is 0 Å². The summed E-state index contributed by atoms with van der Waals surface area (Å²) in [5, 5.41) is 14.2. The minimum atomic E-state index is -0.954. The highest BCUT2D eigenvalue weighted by Crippen LogP contribution is 2.27. The van der Waals surface area contributed by atoms with Crippen LogP contribution in [0, 0.1) is 10.1 Å². The molecular weight excluding hydrogens is 432 g/mol. The van der Waals surface area contributed by atoms with Gasteiger partial charge in [0, 0.05) is 36.5 Å². The molecule has 8 heteroatoms. The summed E-state index contributed by atoms with van der Waals surface area (Å²) in [6.45, 7) is 0.177. The number of nitrogens with one attached hydrogen (secondary N) is 1. The Labute approximate surface area is 197 Å². The molecule has 0 aliphatic heterocycles. The molecule has 0 saturated heterocycles. The first-order valence-electron chi connectivity index (χ1n) is 11.3. The molecule has 0 bridgehead atoms. The van der Waals surface area contributed by atoms with Gasteiger partial charge in [-0.1, -0.05) is 49.2 Å². The molecule has 1 saturated carbocycles. The van der Waals surface area contributed by atoms with Gasteiger partial charge >= 0.3 is 0 Å². The Bertz CT molecular complexity index is 1130. The summed E-state index contributed by atoms with van der Waals surface area (Å²) in [7, 11) is 0. The summed E-state index contributed by atoms with van der Waals surface area (Å²) in [4.78, 5) is 43.7. The number of rotatable bonds is 8. The van der Waals surface area contributed by atoms with E-state index >= 15 is 0 Å². The van der Waals surface area contributed by atoms with Crippen LogP contribution in [0.2, 0.25) is 0 Å². The molecule has 8 nitrogen and oxygen atoms in total. The lowest BCUT2D eigenvalue weighted by Gasteiger charge is -2.32. The van der Waals surface area contributed by atoms with Crippen LogP contribution in [0.5, 0.6) is 0 Å². The second-order valence-electron chi connectivity index (χ2n) is 8.37. The van der Waals surface area contributed by atoms with E-state index in [9.17, 15) is 19.7 Å². The number of benzene rings is 2. The zero-order valence-electron chi connectivity index (χ0n) is 18.7. The predicted molar refractivity (Wildman–Crippen MR) is 127 cm³/mol. The van der Waals surface area contributed by atoms with Crippen molar-refractivity contribution in [1.29, 1.82) is 0 Å². The molecule has 1 aromatic heterocycles. The van der Waals surface area contributed by atoms with Gasteiger partial charge in [0.2, 0.25) is 5.91 Å². The minimum Gasteiger partial charge on any atom is -0.351 e. The fourth-order valence-corrected chi connectivity index (χ4v) is 4.28. The van der Waals surface area contributed by atoms with Gasteiger partial charge in [0.05, 0.1) is 10.6 Å². The zero-order chi connectivity index (χ0) is 23.9. The van der Waals surface area contributed by atoms with Crippen molar-refractivity contribution in [1.82, 2.24) is 15.2 Å². The second-order valence-corrected chi connectivity index (χ2v) is 8.37. The molecule has 0 radical (unpaired) electrons. The van der Waals surface area contributed by atoms with Gasteiger partial charge in [-0.15, -0.1) is 0 Å². The number of nitro benzene ring substituents is 1. The fraction of sp³-hybridized carbons (Fsp3) is 0.269. The molecule has 1 heterocycles. The summed E-state index contributed by atoms with van der Waals surface area (Å²) in [6, 6.07) is 19.2. The number of aromatic nitrogens is 1. The van der Waals surface area contributed by atoms with Gasteiger partial charge < -0.3 is 10.2 Å². The average molecular weight is 459 g/mol. The normalized spacial score (nSPS) is 14.4. The Balaban J connectivity index is 1.73. The summed E-state index contributed by atoms with van der Waals surface area (Å²) in [5.74, 6) is -0.687. The minimum absolute atomic E-state index is 0.0757. The van der Waals surface area contributed by atoms with Crippen molar-refractivity contribution in [3.05, 3.63) is 106 Å². The lowest BCUT2D eigenvalue weighted by Crippen LogP contribution is -2.46. The van der Waals surface area contributed by atoms with Crippen LogP contribution in [0.1, 0.15) is 53.3 Å². The molecule has 174 valence electrons. The molecule has 1 atom stereocenters. The largest absolute Gasteiger partial charge is 0.351 e. The van der Waals surface area contributed by atoms with Gasteiger partial charge in [0.1, 0.15) is 0 Å². The molecule has 1 aliphatic rings. The third-order valence-corrected chi connectivity index (χ3v) is 6.01. The first-order chi connectivity index (χ1) is 16.5. The number of carbonyl (C=O) groups excluding carboxylic acids is 2. The third-order valence-electron chi connectivity index (χ3n) is 6.01. The Morgan fingerprint density at radius 2 is 1.68 bits per heavy atom. The van der Waals surface area contributed by atoms with Crippen molar-refractivity contribution >= 4 is 17.5 Å². The Morgan fingerprint density at radius 1 is 1.00 bits per heavy atom. The van der Waals surface area contributed by atoms with E-state index < -0.39 is 16.9 Å². The highest BCUT2D eigenvalue weighted by atomic mass is 16.6. The van der Waals surface area contributed by atoms with Crippen LogP contribution >= 0.6 is 0 Å². The lowest BCUT2D eigenvalue weighted by atomic mass is 10.0. The predicted octanol–water partition coefficient (Wildman–Crippen LogP) is 4.43. The maximum atomic E-state index is 13.7. The number of non-ortho nitro benzene ring substituents is 1. The monoisotopic (exact) mass is 458 g/mol. The van der Waals surface area contributed by atoms with Crippen molar-refractivity contribution in [2.75, 3.05) is 0 Å². The molecule has 34 heavy (non-hydrogen) atoms. The van der Waals surface area contributed by atoms with Gasteiger partial charge in [-0.3, -0.25) is 24.7 Å². The van der Waals surface area contributed by atoms with Crippen molar-refractivity contribution in [3.63, 3.8) is 0 Å². The van der Waals surface area contributed by atoms with Crippen LogP contribution < -0.4 is 5.32 Å². The summed E-state index contributed by atoms with van der Waals surface area (Å²) in [5.41, 5.74) is 1.47. The Morgan fingerprint density at radius 3 is 2.29 bits per heavy atom. The number of nitro groups is 1. The molecule has 1 fully saturated rings. The Hall–Kier alpha value is -4.07. The Kier molecular flexibility index (Phi) is 7.27. The SMILES string of the molecule is O=C(NC1CCCC1)C(c1ccccn1)N(Cc1ccccc1)C(=O)c1ccc([N+](=O)[O-])cc1. The van der Waals surface area contributed by atoms with Crippen LogP contribution in [-0.4, -0.2) is 32.7 Å². The number of hydrogen-bond acceptors (Lipinski definition) is 5. The van der Waals surface area contributed by atoms with Crippen molar-refractivity contribution in [2.24, 2.45) is 0 Å². The van der Waals surface area contributed by atoms with E-state index in [1.54, 1.807) is 24.4 Å². The lowest BCUT2D eigenvalue weighted by molar-refractivity contribution is -0.384. The van der Waals surface area contributed by atoms with E-state index in [1.807, 2.05) is 30.3 Å². The van der Waals surface area contributed by atoms with E-state index in [0.717, 1.165) is 31.2 Å². The van der Waals surface area contributed by atoms with E-state index in [0.29, 0.717) is 5.69 Å². The zero-order valence-corrected chi connectivity index (χ0v) is 18.7. The van der Waals surface area contributed by atoms with Crippen LogP contribution in [0.15, 0.2) is 79.0 Å². The van der Waals surface area contributed by atoms with E-state index in [1.165, 1.54) is 29.2 Å².